The molecule has 0 aromatic heterocycles. The molecule has 1 aliphatic rings. The summed E-state index contributed by atoms with van der Waals surface area (Å²) in [6.45, 7) is 5.43. The van der Waals surface area contributed by atoms with Gasteiger partial charge in [0, 0.05) is 25.9 Å². The maximum Gasteiger partial charge on any atom is 0.309 e. The normalized spacial score (nSPS) is 17.1. The number of amides is 1. The van der Waals surface area contributed by atoms with Crippen molar-refractivity contribution in [3.05, 3.63) is 35.9 Å². The average molecular weight is 303 g/mol. The Bertz CT molecular complexity index is 492. The smallest absolute Gasteiger partial charge is 0.309 e. The molecule has 1 saturated heterocycles. The van der Waals surface area contributed by atoms with E-state index in [-0.39, 0.29) is 23.7 Å². The van der Waals surface area contributed by atoms with Crippen LogP contribution in [0.4, 0.5) is 0 Å². The third-order valence-electron chi connectivity index (χ3n) is 4.46. The Labute approximate surface area is 132 Å². The Balaban J connectivity index is 1.81. The van der Waals surface area contributed by atoms with Gasteiger partial charge in [-0.3, -0.25) is 9.59 Å². The fraction of sp³-hybridized carbons (Fsp3) is 0.556. The van der Waals surface area contributed by atoms with Crippen LogP contribution in [0.2, 0.25) is 0 Å². The van der Waals surface area contributed by atoms with Gasteiger partial charge in [0.25, 0.3) is 0 Å². The second-order valence-corrected chi connectivity index (χ2v) is 5.93. The van der Waals surface area contributed by atoms with E-state index in [2.05, 4.69) is 19.1 Å². The van der Waals surface area contributed by atoms with Gasteiger partial charge >= 0.3 is 5.97 Å². The van der Waals surface area contributed by atoms with Gasteiger partial charge < -0.3 is 9.64 Å². The van der Waals surface area contributed by atoms with Crippen molar-refractivity contribution in [3.63, 3.8) is 0 Å². The van der Waals surface area contributed by atoms with E-state index in [1.54, 1.807) is 11.8 Å². The Morgan fingerprint density at radius 2 is 1.86 bits per heavy atom. The molecule has 0 N–H and O–H groups in total. The number of benzene rings is 1. The molecule has 2 rings (SSSR count). The minimum Gasteiger partial charge on any atom is -0.465 e. The molecule has 120 valence electrons. The van der Waals surface area contributed by atoms with Gasteiger partial charge in [-0.15, -0.1) is 0 Å². The van der Waals surface area contributed by atoms with Crippen LogP contribution in [0.25, 0.3) is 0 Å². The Hall–Kier alpha value is -1.84. The molecule has 0 bridgehead atoms. The molecule has 1 amide bonds. The summed E-state index contributed by atoms with van der Waals surface area (Å²) in [4.78, 5) is 25.3. The van der Waals surface area contributed by atoms with Crippen molar-refractivity contribution < 1.29 is 14.3 Å². The van der Waals surface area contributed by atoms with Crippen LogP contribution in [-0.4, -0.2) is 36.5 Å². The lowest BCUT2D eigenvalue weighted by atomic mass is 9.96. The molecule has 22 heavy (non-hydrogen) atoms. The van der Waals surface area contributed by atoms with E-state index in [4.69, 9.17) is 4.74 Å². The lowest BCUT2D eigenvalue weighted by molar-refractivity contribution is -0.152. The molecule has 0 unspecified atom stereocenters. The zero-order valence-corrected chi connectivity index (χ0v) is 13.5. The number of likely N-dealkylation sites (tertiary alicyclic amines) is 1. The van der Waals surface area contributed by atoms with Crippen molar-refractivity contribution >= 4 is 11.9 Å². The number of carbonyl (C=O) groups is 2. The summed E-state index contributed by atoms with van der Waals surface area (Å²) in [5.41, 5.74) is 1.21. The molecule has 0 spiro atoms. The van der Waals surface area contributed by atoms with E-state index in [0.717, 1.165) is 6.42 Å². The van der Waals surface area contributed by atoms with Crippen LogP contribution >= 0.6 is 0 Å². The molecule has 0 aliphatic carbocycles. The van der Waals surface area contributed by atoms with E-state index in [1.165, 1.54) is 5.56 Å². The lowest BCUT2D eigenvalue weighted by Crippen LogP contribution is -2.39. The third-order valence-corrected chi connectivity index (χ3v) is 4.46. The molecular formula is C18H25NO3. The number of rotatable bonds is 5. The van der Waals surface area contributed by atoms with Gasteiger partial charge in [0.2, 0.25) is 5.91 Å². The quantitative estimate of drug-likeness (QED) is 0.786. The molecule has 1 atom stereocenters. The van der Waals surface area contributed by atoms with Crippen LogP contribution in [0.1, 0.15) is 44.6 Å². The van der Waals surface area contributed by atoms with E-state index in [0.29, 0.717) is 32.5 Å². The van der Waals surface area contributed by atoms with Gasteiger partial charge in [-0.1, -0.05) is 37.3 Å². The van der Waals surface area contributed by atoms with Gasteiger partial charge in [0.1, 0.15) is 0 Å². The first-order valence-electron chi connectivity index (χ1n) is 8.09. The van der Waals surface area contributed by atoms with Gasteiger partial charge in [-0.2, -0.15) is 0 Å². The predicted octanol–water partition coefficient (Wildman–Crippen LogP) is 2.98. The summed E-state index contributed by atoms with van der Waals surface area (Å²) < 4.78 is 5.54. The summed E-state index contributed by atoms with van der Waals surface area (Å²) in [5, 5.41) is 0. The lowest BCUT2D eigenvalue weighted by Gasteiger charge is -2.30. The number of hydrogen-bond acceptors (Lipinski definition) is 3. The standard InChI is InChI=1S/C18H25NO3/c1-3-15(16-7-5-4-6-8-16)13-22-18(21)17-9-11-19(12-10-17)14(2)20/h4-8,15,17H,3,9-13H2,1-2H3/t15-/m1/s1. The highest BCUT2D eigenvalue weighted by molar-refractivity contribution is 5.75. The molecule has 4 nitrogen and oxygen atoms in total. The summed E-state index contributed by atoms with van der Waals surface area (Å²) in [5.74, 6) is 0.158. The zero-order valence-electron chi connectivity index (χ0n) is 13.5. The first-order valence-corrected chi connectivity index (χ1v) is 8.09. The second kappa shape index (κ2) is 7.97. The number of esters is 1. The number of piperidine rings is 1. The van der Waals surface area contributed by atoms with Crippen LogP contribution < -0.4 is 0 Å². The van der Waals surface area contributed by atoms with Crippen LogP contribution in [0.3, 0.4) is 0 Å². The highest BCUT2D eigenvalue weighted by Crippen LogP contribution is 2.22. The number of hydrogen-bond donors (Lipinski definition) is 0. The summed E-state index contributed by atoms with van der Waals surface area (Å²) in [6.07, 6.45) is 2.36. The van der Waals surface area contributed by atoms with Crippen LogP contribution in [0.5, 0.6) is 0 Å². The molecule has 4 heteroatoms. The minimum atomic E-state index is -0.113. The van der Waals surface area contributed by atoms with Crippen molar-refractivity contribution in [2.24, 2.45) is 5.92 Å². The van der Waals surface area contributed by atoms with Crippen molar-refractivity contribution in [3.8, 4) is 0 Å². The first-order chi connectivity index (χ1) is 10.6. The topological polar surface area (TPSA) is 46.6 Å². The largest absolute Gasteiger partial charge is 0.465 e. The fourth-order valence-corrected chi connectivity index (χ4v) is 2.91. The highest BCUT2D eigenvalue weighted by Gasteiger charge is 2.27. The maximum atomic E-state index is 12.2. The number of ether oxygens (including phenoxy) is 1. The van der Waals surface area contributed by atoms with Crippen molar-refractivity contribution in [2.45, 2.75) is 39.0 Å². The highest BCUT2D eigenvalue weighted by atomic mass is 16.5. The Morgan fingerprint density at radius 3 is 2.41 bits per heavy atom. The van der Waals surface area contributed by atoms with Gasteiger partial charge in [0.15, 0.2) is 0 Å². The van der Waals surface area contributed by atoms with Crippen molar-refractivity contribution in [1.29, 1.82) is 0 Å². The fourth-order valence-electron chi connectivity index (χ4n) is 2.91. The molecule has 0 saturated carbocycles. The van der Waals surface area contributed by atoms with Crippen LogP contribution in [0, 0.1) is 5.92 Å². The molecule has 1 fully saturated rings. The monoisotopic (exact) mass is 303 g/mol. The van der Waals surface area contributed by atoms with Gasteiger partial charge in [0.05, 0.1) is 12.5 Å². The van der Waals surface area contributed by atoms with Crippen LogP contribution in [0.15, 0.2) is 30.3 Å². The predicted molar refractivity (Wildman–Crippen MR) is 85.4 cm³/mol. The molecule has 0 radical (unpaired) electrons. The summed E-state index contributed by atoms with van der Waals surface area (Å²) in [7, 11) is 0. The van der Waals surface area contributed by atoms with Crippen molar-refractivity contribution in [2.75, 3.05) is 19.7 Å². The van der Waals surface area contributed by atoms with Crippen molar-refractivity contribution in [1.82, 2.24) is 4.90 Å². The van der Waals surface area contributed by atoms with E-state index < -0.39 is 0 Å². The average Bonchev–Trinajstić information content (AvgIpc) is 2.56. The first kappa shape index (κ1) is 16.5. The van der Waals surface area contributed by atoms with Gasteiger partial charge in [-0.05, 0) is 24.8 Å². The van der Waals surface area contributed by atoms with Gasteiger partial charge in [-0.25, -0.2) is 0 Å². The Kier molecular flexibility index (Phi) is 5.99. The SMILES string of the molecule is CC[C@H](COC(=O)C1CCN(C(C)=O)CC1)c1ccccc1. The van der Waals surface area contributed by atoms with E-state index in [1.807, 2.05) is 18.2 Å². The second-order valence-electron chi connectivity index (χ2n) is 5.93. The van der Waals surface area contributed by atoms with E-state index in [9.17, 15) is 9.59 Å². The minimum absolute atomic E-state index is 0.0659. The molecule has 1 aromatic rings. The molecule has 1 aromatic carbocycles. The van der Waals surface area contributed by atoms with Crippen LogP contribution in [-0.2, 0) is 14.3 Å². The number of carbonyl (C=O) groups excluding carboxylic acids is 2. The summed E-state index contributed by atoms with van der Waals surface area (Å²) >= 11 is 0. The van der Waals surface area contributed by atoms with E-state index >= 15 is 0 Å². The zero-order chi connectivity index (χ0) is 15.9. The third kappa shape index (κ3) is 4.33. The number of nitrogens with zero attached hydrogens (tertiary/aromatic N) is 1. The summed E-state index contributed by atoms with van der Waals surface area (Å²) in [6, 6.07) is 10.2. The molecule has 1 aliphatic heterocycles. The molecule has 1 heterocycles. The maximum absolute atomic E-state index is 12.2. The molecular weight excluding hydrogens is 278 g/mol. The Morgan fingerprint density at radius 1 is 1.23 bits per heavy atom.